The summed E-state index contributed by atoms with van der Waals surface area (Å²) in [6.45, 7) is 10.1. The van der Waals surface area contributed by atoms with Gasteiger partial charge in [-0.15, -0.1) is 0 Å². The van der Waals surface area contributed by atoms with Crippen molar-refractivity contribution in [2.75, 3.05) is 6.61 Å². The summed E-state index contributed by atoms with van der Waals surface area (Å²) in [6, 6.07) is 0. The number of Topliss-reactive ketones (excluding diaryl/α,β-unsaturated/α-hetero) is 1. The van der Waals surface area contributed by atoms with Crippen molar-refractivity contribution < 1.29 is 74.1 Å². The summed E-state index contributed by atoms with van der Waals surface area (Å²) in [5.41, 5.74) is -1.82. The van der Waals surface area contributed by atoms with E-state index in [0.717, 1.165) is 11.1 Å². The Hall–Kier alpha value is -1.86. The van der Waals surface area contributed by atoms with Crippen LogP contribution in [0.25, 0.3) is 0 Å². The highest BCUT2D eigenvalue weighted by molar-refractivity contribution is 5.90. The maximum Gasteiger partial charge on any atom is 0.334 e. The summed E-state index contributed by atoms with van der Waals surface area (Å²) in [5, 5.41) is 87.9. The first kappa shape index (κ1) is 41.3. The van der Waals surface area contributed by atoms with Gasteiger partial charge in [-0.05, 0) is 90.9 Å². The number of hydrogen-bond donors (Lipinski definition) is 8. The molecule has 0 aromatic carbocycles. The third-order valence-corrected chi connectivity index (χ3v) is 15.4. The van der Waals surface area contributed by atoms with Crippen LogP contribution in [0.5, 0.6) is 0 Å². The molecule has 5 fully saturated rings. The third-order valence-electron chi connectivity index (χ3n) is 15.4. The van der Waals surface area contributed by atoms with Crippen molar-refractivity contribution in [3.05, 3.63) is 22.8 Å². The van der Waals surface area contributed by atoms with E-state index in [0.29, 0.717) is 50.5 Å². The van der Waals surface area contributed by atoms with Gasteiger partial charge in [0.2, 0.25) is 0 Å². The molecule has 310 valence electrons. The van der Waals surface area contributed by atoms with E-state index in [4.69, 9.17) is 23.7 Å². The van der Waals surface area contributed by atoms with Gasteiger partial charge in [-0.25, -0.2) is 4.79 Å². The van der Waals surface area contributed by atoms with Crippen LogP contribution in [0.1, 0.15) is 92.9 Å². The van der Waals surface area contributed by atoms with Crippen LogP contribution in [0, 0.1) is 28.6 Å². The first-order chi connectivity index (χ1) is 25.7. The molecule has 0 bridgehead atoms. The molecule has 1 unspecified atom stereocenters. The number of esters is 1. The molecule has 0 amide bonds. The standard InChI is InChI=1S/C40H60O15/c1-17-13-27(54-34(48)18(17)2)39(6,49)25-10-12-40(50)23-8-7-20-14-21(15-26(42)38(20,5)22(23)9-11-37(25,40)4)52-36-32(47)30(45)33(24(16-41)53-36)55-35-31(46)29(44)28(43)19(3)51-35/h7,19,21-25,27-33,35-36,41,43-47,49-50H,8-16H2,1-6H3/t19-,21+,22-,23+,24+,25-,27?,28-,29+,30+,31+,32+,33+,35-,36+,37+,38-,39+,40+/m0/s1. The number of ketones is 1. The fourth-order valence-corrected chi connectivity index (χ4v) is 11.7. The first-order valence-corrected chi connectivity index (χ1v) is 19.9. The highest BCUT2D eigenvalue weighted by atomic mass is 16.7. The SMILES string of the molecule is CC1=C(C)C(=O)OC([C@](C)(O)[C@H]2CC[C@@]3(O)[C@@H]4CC=C5C[C@@H](O[C@@H]6O[C@H](CO)[C@@H](O[C@@H]7O[C@@H](C)[C@H](O)[C@@H](O)[C@H]7O)[C@H](O)[C@H]6O)CC(=O)[C@]5(C)[C@H]4CC[C@]23C)C1. The molecule has 3 heterocycles. The second-order valence-corrected chi connectivity index (χ2v) is 18.2. The van der Waals surface area contributed by atoms with Crippen LogP contribution >= 0.6 is 0 Å². The number of rotatable bonds is 7. The van der Waals surface area contributed by atoms with Crippen LogP contribution in [0.3, 0.4) is 0 Å². The maximum absolute atomic E-state index is 14.3. The molecule has 19 atom stereocenters. The van der Waals surface area contributed by atoms with E-state index in [-0.39, 0.29) is 30.0 Å². The summed E-state index contributed by atoms with van der Waals surface area (Å²) >= 11 is 0. The van der Waals surface area contributed by atoms with Crippen LogP contribution in [-0.2, 0) is 33.3 Å². The van der Waals surface area contributed by atoms with Crippen molar-refractivity contribution in [1.29, 1.82) is 0 Å². The number of allylic oxidation sites excluding steroid dienone is 1. The van der Waals surface area contributed by atoms with E-state index in [9.17, 15) is 50.4 Å². The van der Waals surface area contributed by atoms with Gasteiger partial charge in [0, 0.05) is 23.8 Å². The van der Waals surface area contributed by atoms with Gasteiger partial charge in [0.25, 0.3) is 0 Å². The van der Waals surface area contributed by atoms with E-state index >= 15 is 0 Å². The average molecular weight is 781 g/mol. The minimum Gasteiger partial charge on any atom is -0.456 e. The fraction of sp³-hybridized carbons (Fsp3) is 0.850. The second kappa shape index (κ2) is 14.5. The van der Waals surface area contributed by atoms with E-state index in [1.807, 2.05) is 26.8 Å². The topological polar surface area (TPSA) is 242 Å². The summed E-state index contributed by atoms with van der Waals surface area (Å²) in [7, 11) is 0. The van der Waals surface area contributed by atoms with Crippen molar-refractivity contribution in [1.82, 2.24) is 0 Å². The van der Waals surface area contributed by atoms with Gasteiger partial charge < -0.3 is 64.5 Å². The molecular formula is C40H60O15. The van der Waals surface area contributed by atoms with Gasteiger partial charge >= 0.3 is 5.97 Å². The van der Waals surface area contributed by atoms with Crippen molar-refractivity contribution in [2.45, 2.75) is 178 Å². The molecule has 55 heavy (non-hydrogen) atoms. The quantitative estimate of drug-likeness (QED) is 0.128. The van der Waals surface area contributed by atoms with Gasteiger partial charge in [0.15, 0.2) is 12.6 Å². The number of hydrogen-bond acceptors (Lipinski definition) is 15. The highest BCUT2D eigenvalue weighted by Gasteiger charge is 2.70. The number of carbonyl (C=O) groups excluding carboxylic acids is 2. The summed E-state index contributed by atoms with van der Waals surface area (Å²) in [5.74, 6) is -1.27. The molecule has 3 saturated carbocycles. The van der Waals surface area contributed by atoms with Gasteiger partial charge in [0.05, 0.1) is 29.8 Å². The lowest BCUT2D eigenvalue weighted by Crippen LogP contribution is -2.65. The number of carbonyl (C=O) groups is 2. The molecule has 2 saturated heterocycles. The lowest BCUT2D eigenvalue weighted by Gasteiger charge is -2.61. The molecule has 0 spiro atoms. The van der Waals surface area contributed by atoms with Gasteiger partial charge in [-0.1, -0.05) is 24.1 Å². The molecule has 15 nitrogen and oxygen atoms in total. The molecule has 8 N–H and O–H groups in total. The Bertz CT molecular complexity index is 1580. The Labute approximate surface area is 321 Å². The number of ether oxygens (including phenoxy) is 5. The molecule has 7 aliphatic rings. The largest absolute Gasteiger partial charge is 0.456 e. The molecule has 3 aliphatic heterocycles. The summed E-state index contributed by atoms with van der Waals surface area (Å²) in [6.07, 6.45) is -10.5. The zero-order chi connectivity index (χ0) is 40.2. The molecule has 7 rings (SSSR count). The first-order valence-electron chi connectivity index (χ1n) is 19.9. The lowest BCUT2D eigenvalue weighted by molar-refractivity contribution is -0.360. The number of cyclic esters (lactones) is 1. The minimum atomic E-state index is -1.69. The van der Waals surface area contributed by atoms with Crippen LogP contribution in [0.2, 0.25) is 0 Å². The van der Waals surface area contributed by atoms with E-state index < -0.39 is 108 Å². The highest BCUT2D eigenvalue weighted by Crippen LogP contribution is 2.69. The van der Waals surface area contributed by atoms with Gasteiger partial charge in [0.1, 0.15) is 60.2 Å². The van der Waals surface area contributed by atoms with Crippen molar-refractivity contribution in [3.8, 4) is 0 Å². The Kier molecular flexibility index (Phi) is 10.9. The van der Waals surface area contributed by atoms with Crippen LogP contribution < -0.4 is 0 Å². The lowest BCUT2D eigenvalue weighted by atomic mass is 9.44. The molecule has 0 aromatic heterocycles. The maximum atomic E-state index is 14.3. The Morgan fingerprint density at radius 3 is 2.22 bits per heavy atom. The summed E-state index contributed by atoms with van der Waals surface area (Å²) < 4.78 is 29.0. The molecule has 0 radical (unpaired) electrons. The van der Waals surface area contributed by atoms with Crippen LogP contribution in [0.15, 0.2) is 22.8 Å². The molecule has 0 aromatic rings. The van der Waals surface area contributed by atoms with E-state index in [2.05, 4.69) is 0 Å². The summed E-state index contributed by atoms with van der Waals surface area (Å²) in [4.78, 5) is 27.0. The average Bonchev–Trinajstić information content (AvgIpc) is 3.43. The monoisotopic (exact) mass is 780 g/mol. The fourth-order valence-electron chi connectivity index (χ4n) is 11.7. The molecular weight excluding hydrogens is 720 g/mol. The molecule has 15 heteroatoms. The van der Waals surface area contributed by atoms with Crippen molar-refractivity contribution in [2.24, 2.45) is 28.6 Å². The Balaban J connectivity index is 1.04. The van der Waals surface area contributed by atoms with Crippen molar-refractivity contribution >= 4 is 11.8 Å². The molecule has 4 aliphatic carbocycles. The Morgan fingerprint density at radius 1 is 0.873 bits per heavy atom. The third kappa shape index (κ3) is 6.31. The van der Waals surface area contributed by atoms with Crippen LogP contribution in [0.4, 0.5) is 0 Å². The zero-order valence-corrected chi connectivity index (χ0v) is 32.5. The smallest absolute Gasteiger partial charge is 0.334 e. The van der Waals surface area contributed by atoms with Gasteiger partial charge in [-0.2, -0.15) is 0 Å². The minimum absolute atomic E-state index is 0.0178. The predicted molar refractivity (Wildman–Crippen MR) is 190 cm³/mol. The predicted octanol–water partition coefficient (Wildman–Crippen LogP) is 0.299. The normalized spacial score (nSPS) is 51.4. The van der Waals surface area contributed by atoms with E-state index in [1.54, 1.807) is 13.8 Å². The van der Waals surface area contributed by atoms with Crippen LogP contribution in [-0.4, -0.2) is 144 Å². The van der Waals surface area contributed by atoms with E-state index in [1.165, 1.54) is 6.92 Å². The zero-order valence-electron chi connectivity index (χ0n) is 32.5. The van der Waals surface area contributed by atoms with Gasteiger partial charge in [-0.3, -0.25) is 4.79 Å². The number of aliphatic hydroxyl groups is 8. The second-order valence-electron chi connectivity index (χ2n) is 18.2. The number of aliphatic hydroxyl groups excluding tert-OH is 6. The van der Waals surface area contributed by atoms with Crippen molar-refractivity contribution in [3.63, 3.8) is 0 Å². The Morgan fingerprint density at radius 2 is 1.55 bits per heavy atom. The number of fused-ring (bicyclic) bond motifs is 5.